The Labute approximate surface area is 326 Å². The van der Waals surface area contributed by atoms with Crippen LogP contribution in [0.3, 0.4) is 0 Å². The average Bonchev–Trinajstić information content (AvgIpc) is 3.13. The van der Waals surface area contributed by atoms with Crippen molar-refractivity contribution in [2.45, 2.75) is 290 Å². The summed E-state index contributed by atoms with van der Waals surface area (Å²) < 4.78 is 0. The van der Waals surface area contributed by atoms with E-state index in [0.717, 1.165) is 77.0 Å². The lowest BCUT2D eigenvalue weighted by Crippen LogP contribution is -2.31. The van der Waals surface area contributed by atoms with E-state index >= 15 is 0 Å². The van der Waals surface area contributed by atoms with E-state index in [-0.39, 0.29) is 6.42 Å². The van der Waals surface area contributed by atoms with Crippen LogP contribution in [0.15, 0.2) is 0 Å². The standard InChI is InChI=1S/C48H94O4/c1-3-5-7-9-11-13-15-17-19-21-23-25-27-31-35-39-43-48(47(51)52,45-41-37-33-29-30-34-38-42-46(49)50)44-40-36-32-28-26-24-22-20-18-16-14-12-10-8-6-4-2/h3-45H2,1-2H3,(H,49,50)(H,51,52). The van der Waals surface area contributed by atoms with Crippen molar-refractivity contribution in [3.8, 4) is 0 Å². The van der Waals surface area contributed by atoms with E-state index in [1.165, 1.54) is 193 Å². The van der Waals surface area contributed by atoms with Gasteiger partial charge in [0.15, 0.2) is 0 Å². The Morgan fingerprint density at radius 2 is 0.500 bits per heavy atom. The highest BCUT2D eigenvalue weighted by molar-refractivity contribution is 5.74. The molecule has 310 valence electrons. The van der Waals surface area contributed by atoms with Gasteiger partial charge in [0.25, 0.3) is 0 Å². The van der Waals surface area contributed by atoms with Crippen LogP contribution in [0, 0.1) is 5.41 Å². The molecule has 0 aliphatic heterocycles. The predicted molar refractivity (Wildman–Crippen MR) is 228 cm³/mol. The van der Waals surface area contributed by atoms with Crippen LogP contribution in [0.1, 0.15) is 290 Å². The largest absolute Gasteiger partial charge is 0.481 e. The molecule has 0 aromatic rings. The van der Waals surface area contributed by atoms with Gasteiger partial charge in [-0.15, -0.1) is 0 Å². The molecule has 0 fully saturated rings. The van der Waals surface area contributed by atoms with Crippen molar-refractivity contribution in [3.05, 3.63) is 0 Å². The monoisotopic (exact) mass is 735 g/mol. The maximum atomic E-state index is 12.8. The van der Waals surface area contributed by atoms with Crippen LogP contribution >= 0.6 is 0 Å². The predicted octanol–water partition coefficient (Wildman–Crippen LogP) is 17.0. The summed E-state index contributed by atoms with van der Waals surface area (Å²) in [7, 11) is 0. The molecule has 0 amide bonds. The van der Waals surface area contributed by atoms with Gasteiger partial charge in [0.05, 0.1) is 5.41 Å². The SMILES string of the molecule is CCCCCCCCCCCCCCCCCCC(CCCCCCCCCCCCCCCCCC)(CCCCCCCCCC(=O)O)C(=O)O. The molecule has 0 spiro atoms. The van der Waals surface area contributed by atoms with Gasteiger partial charge in [-0.2, -0.15) is 0 Å². The van der Waals surface area contributed by atoms with Gasteiger partial charge in [-0.25, -0.2) is 0 Å². The molecule has 0 saturated carbocycles. The van der Waals surface area contributed by atoms with Gasteiger partial charge < -0.3 is 10.2 Å². The number of carboxylic acids is 2. The van der Waals surface area contributed by atoms with Crippen molar-refractivity contribution in [3.63, 3.8) is 0 Å². The van der Waals surface area contributed by atoms with E-state index < -0.39 is 17.4 Å². The molecule has 4 heteroatoms. The summed E-state index contributed by atoms with van der Waals surface area (Å²) in [5.41, 5.74) is -0.534. The lowest BCUT2D eigenvalue weighted by molar-refractivity contribution is -0.151. The number of aliphatic carboxylic acids is 2. The summed E-state index contributed by atoms with van der Waals surface area (Å²) in [4.78, 5) is 23.6. The summed E-state index contributed by atoms with van der Waals surface area (Å²) in [6, 6.07) is 0. The van der Waals surface area contributed by atoms with Gasteiger partial charge in [-0.3, -0.25) is 9.59 Å². The zero-order valence-electron chi connectivity index (χ0n) is 35.6. The first kappa shape index (κ1) is 50.9. The minimum absolute atomic E-state index is 0.278. The van der Waals surface area contributed by atoms with E-state index in [4.69, 9.17) is 5.11 Å². The zero-order valence-corrected chi connectivity index (χ0v) is 35.6. The second-order valence-electron chi connectivity index (χ2n) is 17.1. The summed E-state index contributed by atoms with van der Waals surface area (Å²) in [5, 5.41) is 19.4. The van der Waals surface area contributed by atoms with Crippen molar-refractivity contribution in [2.24, 2.45) is 5.41 Å². The number of rotatable bonds is 45. The molecule has 0 heterocycles. The first-order valence-corrected chi connectivity index (χ1v) is 23.9. The fourth-order valence-corrected chi connectivity index (χ4v) is 8.34. The second kappa shape index (κ2) is 41.1. The molecular formula is C48H94O4. The van der Waals surface area contributed by atoms with Crippen LogP contribution in [-0.2, 0) is 9.59 Å². The molecule has 52 heavy (non-hydrogen) atoms. The molecule has 0 unspecified atom stereocenters. The molecule has 2 N–H and O–H groups in total. The van der Waals surface area contributed by atoms with Crippen molar-refractivity contribution in [2.75, 3.05) is 0 Å². The average molecular weight is 735 g/mol. The van der Waals surface area contributed by atoms with Gasteiger partial charge in [0.2, 0.25) is 0 Å². The minimum Gasteiger partial charge on any atom is -0.481 e. The lowest BCUT2D eigenvalue weighted by atomic mass is 9.74. The molecule has 4 nitrogen and oxygen atoms in total. The van der Waals surface area contributed by atoms with Crippen molar-refractivity contribution in [1.82, 2.24) is 0 Å². The van der Waals surface area contributed by atoms with Crippen LogP contribution < -0.4 is 0 Å². The second-order valence-corrected chi connectivity index (χ2v) is 17.1. The van der Waals surface area contributed by atoms with Gasteiger partial charge in [-0.05, 0) is 25.7 Å². The summed E-state index contributed by atoms with van der Waals surface area (Å²) in [6.45, 7) is 4.58. The van der Waals surface area contributed by atoms with Gasteiger partial charge >= 0.3 is 11.9 Å². The third kappa shape index (κ3) is 35.9. The molecular weight excluding hydrogens is 641 g/mol. The van der Waals surface area contributed by atoms with E-state index in [1.807, 2.05) is 0 Å². The Morgan fingerprint density at radius 1 is 0.308 bits per heavy atom. The van der Waals surface area contributed by atoms with Crippen LogP contribution in [0.25, 0.3) is 0 Å². The highest BCUT2D eigenvalue weighted by Gasteiger charge is 2.36. The third-order valence-corrected chi connectivity index (χ3v) is 12.0. The zero-order chi connectivity index (χ0) is 38.1. The Balaban J connectivity index is 4.29. The Kier molecular flexibility index (Phi) is 40.3. The van der Waals surface area contributed by atoms with Crippen molar-refractivity contribution < 1.29 is 19.8 Å². The van der Waals surface area contributed by atoms with Crippen LogP contribution in [0.5, 0.6) is 0 Å². The topological polar surface area (TPSA) is 74.6 Å². The quantitative estimate of drug-likeness (QED) is 0.0611. The van der Waals surface area contributed by atoms with Crippen LogP contribution in [0.4, 0.5) is 0 Å². The summed E-state index contributed by atoms with van der Waals surface area (Å²) in [5.74, 6) is -1.23. The maximum absolute atomic E-state index is 12.8. The molecule has 0 radical (unpaired) electrons. The molecule has 0 aromatic heterocycles. The number of carbonyl (C=O) groups is 2. The van der Waals surface area contributed by atoms with Gasteiger partial charge in [-0.1, -0.05) is 258 Å². The van der Waals surface area contributed by atoms with E-state index in [9.17, 15) is 14.7 Å². The smallest absolute Gasteiger partial charge is 0.309 e. The number of unbranched alkanes of at least 4 members (excludes halogenated alkanes) is 36. The van der Waals surface area contributed by atoms with Crippen LogP contribution in [-0.4, -0.2) is 22.2 Å². The van der Waals surface area contributed by atoms with Crippen molar-refractivity contribution in [1.29, 1.82) is 0 Å². The third-order valence-electron chi connectivity index (χ3n) is 12.0. The molecule has 0 rings (SSSR count). The number of carboxylic acid groups (broad SMARTS) is 2. The number of hydrogen-bond acceptors (Lipinski definition) is 2. The van der Waals surface area contributed by atoms with Crippen LogP contribution in [0.2, 0.25) is 0 Å². The Hall–Kier alpha value is -1.06. The first-order chi connectivity index (χ1) is 25.5. The van der Waals surface area contributed by atoms with Crippen molar-refractivity contribution >= 4 is 11.9 Å². The molecule has 0 aliphatic carbocycles. The lowest BCUT2D eigenvalue weighted by Gasteiger charge is -2.30. The fraction of sp³-hybridized carbons (Fsp3) is 0.958. The summed E-state index contributed by atoms with van der Waals surface area (Å²) in [6.07, 6.45) is 53.3. The van der Waals surface area contributed by atoms with E-state index in [2.05, 4.69) is 13.8 Å². The first-order valence-electron chi connectivity index (χ1n) is 23.9. The van der Waals surface area contributed by atoms with E-state index in [1.54, 1.807) is 0 Å². The fourth-order valence-electron chi connectivity index (χ4n) is 8.34. The Bertz CT molecular complexity index is 698. The van der Waals surface area contributed by atoms with E-state index in [0.29, 0.717) is 0 Å². The Morgan fingerprint density at radius 3 is 0.692 bits per heavy atom. The van der Waals surface area contributed by atoms with Gasteiger partial charge in [0.1, 0.15) is 0 Å². The number of hydrogen-bond donors (Lipinski definition) is 2. The maximum Gasteiger partial charge on any atom is 0.309 e. The summed E-state index contributed by atoms with van der Waals surface area (Å²) >= 11 is 0. The molecule has 0 aromatic carbocycles. The molecule has 0 bridgehead atoms. The van der Waals surface area contributed by atoms with Gasteiger partial charge in [0, 0.05) is 6.42 Å². The highest BCUT2D eigenvalue weighted by Crippen LogP contribution is 2.38. The normalized spacial score (nSPS) is 11.8. The minimum atomic E-state index is -0.696. The molecule has 0 atom stereocenters. The molecule has 0 saturated heterocycles. The molecule has 0 aliphatic rings. The highest BCUT2D eigenvalue weighted by atomic mass is 16.4.